The van der Waals surface area contributed by atoms with Crippen LogP contribution >= 0.6 is 15.9 Å². The molecule has 0 aliphatic heterocycles. The van der Waals surface area contributed by atoms with E-state index in [1.54, 1.807) is 28.9 Å². The number of rotatable bonds is 4. The van der Waals surface area contributed by atoms with E-state index in [0.717, 1.165) is 9.99 Å². The third-order valence-corrected chi connectivity index (χ3v) is 4.79. The monoisotopic (exact) mass is 440 g/mol. The molecule has 8 heteroatoms. The van der Waals surface area contributed by atoms with Gasteiger partial charge in [-0.2, -0.15) is 10.1 Å². The zero-order valence-corrected chi connectivity index (χ0v) is 16.9. The number of para-hydroxylation sites is 2. The topological polar surface area (TPSA) is 90.0 Å². The predicted molar refractivity (Wildman–Crippen MR) is 110 cm³/mol. The standard InChI is InChI=1S/C20H17BrN4O3/c1-11(2)25-16-9-12(21)7-8-13(16)19(27)15(24-25)10-18(26)23-20-22-14-5-3-4-6-17(14)28-20/h3-9,11H,10H2,1-2H3,(H,22,23,26). The maximum Gasteiger partial charge on any atom is 0.302 e. The van der Waals surface area contributed by atoms with Gasteiger partial charge in [-0.05, 0) is 44.2 Å². The molecule has 142 valence electrons. The summed E-state index contributed by atoms with van der Waals surface area (Å²) in [5.74, 6) is -0.414. The summed E-state index contributed by atoms with van der Waals surface area (Å²) >= 11 is 3.43. The van der Waals surface area contributed by atoms with Gasteiger partial charge in [-0.1, -0.05) is 28.1 Å². The van der Waals surface area contributed by atoms with Crippen LogP contribution in [0, 0.1) is 0 Å². The highest BCUT2D eigenvalue weighted by molar-refractivity contribution is 9.10. The Labute approximate surface area is 168 Å². The largest absolute Gasteiger partial charge is 0.423 e. The van der Waals surface area contributed by atoms with Crippen molar-refractivity contribution in [2.75, 3.05) is 5.32 Å². The van der Waals surface area contributed by atoms with Crippen molar-refractivity contribution in [3.05, 3.63) is 62.9 Å². The summed E-state index contributed by atoms with van der Waals surface area (Å²) in [5, 5.41) is 7.56. The number of benzene rings is 2. The number of amides is 1. The van der Waals surface area contributed by atoms with E-state index in [2.05, 4.69) is 31.3 Å². The van der Waals surface area contributed by atoms with Crippen LogP contribution in [0.2, 0.25) is 0 Å². The Bertz CT molecular complexity index is 1230. The highest BCUT2D eigenvalue weighted by Crippen LogP contribution is 2.21. The Morgan fingerprint density at radius 1 is 1.25 bits per heavy atom. The SMILES string of the molecule is CC(C)n1nc(CC(=O)Nc2nc3ccccc3o2)c(=O)c2ccc(Br)cc21. The number of carbonyl (C=O) groups is 1. The Hall–Kier alpha value is -3.00. The van der Waals surface area contributed by atoms with Crippen LogP contribution in [0.1, 0.15) is 25.6 Å². The minimum absolute atomic E-state index is 0.0243. The summed E-state index contributed by atoms with van der Waals surface area (Å²) in [6.45, 7) is 3.94. The van der Waals surface area contributed by atoms with Crippen molar-refractivity contribution in [3.63, 3.8) is 0 Å². The van der Waals surface area contributed by atoms with E-state index in [1.807, 2.05) is 32.0 Å². The van der Waals surface area contributed by atoms with Gasteiger partial charge >= 0.3 is 6.01 Å². The van der Waals surface area contributed by atoms with Crippen LogP contribution in [0.4, 0.5) is 6.01 Å². The van der Waals surface area contributed by atoms with E-state index >= 15 is 0 Å². The summed E-state index contributed by atoms with van der Waals surface area (Å²) in [5.41, 5.74) is 1.87. The zero-order chi connectivity index (χ0) is 19.8. The maximum atomic E-state index is 12.8. The van der Waals surface area contributed by atoms with Gasteiger partial charge in [-0.15, -0.1) is 0 Å². The first-order valence-corrected chi connectivity index (χ1v) is 9.58. The molecule has 4 rings (SSSR count). The molecule has 28 heavy (non-hydrogen) atoms. The van der Waals surface area contributed by atoms with Crippen LogP contribution in [-0.2, 0) is 11.2 Å². The van der Waals surface area contributed by atoms with Crippen molar-refractivity contribution in [1.29, 1.82) is 0 Å². The van der Waals surface area contributed by atoms with E-state index in [1.165, 1.54) is 0 Å². The number of carbonyl (C=O) groups excluding carboxylic acids is 1. The van der Waals surface area contributed by atoms with E-state index in [9.17, 15) is 9.59 Å². The van der Waals surface area contributed by atoms with Crippen LogP contribution in [0.25, 0.3) is 22.0 Å². The number of anilines is 1. The summed E-state index contributed by atoms with van der Waals surface area (Å²) in [6, 6.07) is 12.7. The third-order valence-electron chi connectivity index (χ3n) is 4.30. The van der Waals surface area contributed by atoms with Crippen molar-refractivity contribution >= 4 is 49.9 Å². The molecule has 1 amide bonds. The van der Waals surface area contributed by atoms with E-state index in [4.69, 9.17) is 4.42 Å². The second-order valence-electron chi connectivity index (χ2n) is 6.69. The number of hydrogen-bond acceptors (Lipinski definition) is 5. The van der Waals surface area contributed by atoms with Gasteiger partial charge in [0.15, 0.2) is 5.58 Å². The average Bonchev–Trinajstić information content (AvgIpc) is 3.05. The summed E-state index contributed by atoms with van der Waals surface area (Å²) < 4.78 is 8.11. The molecule has 2 heterocycles. The Balaban J connectivity index is 1.66. The van der Waals surface area contributed by atoms with Crippen LogP contribution in [0.3, 0.4) is 0 Å². The van der Waals surface area contributed by atoms with Gasteiger partial charge in [0.1, 0.15) is 11.2 Å². The second kappa shape index (κ2) is 7.20. The van der Waals surface area contributed by atoms with Gasteiger partial charge in [0.2, 0.25) is 11.3 Å². The number of nitrogens with one attached hydrogen (secondary N) is 1. The van der Waals surface area contributed by atoms with Gasteiger partial charge in [-0.3, -0.25) is 19.6 Å². The minimum atomic E-state index is -0.414. The van der Waals surface area contributed by atoms with Crippen molar-refractivity contribution in [3.8, 4) is 0 Å². The molecule has 0 aliphatic rings. The number of nitrogens with zero attached hydrogens (tertiary/aromatic N) is 3. The van der Waals surface area contributed by atoms with Crippen LogP contribution in [0.15, 0.2) is 56.1 Å². The zero-order valence-electron chi connectivity index (χ0n) is 15.3. The van der Waals surface area contributed by atoms with Crippen molar-refractivity contribution in [1.82, 2.24) is 14.8 Å². The number of halogens is 1. The summed E-state index contributed by atoms with van der Waals surface area (Å²) in [6.07, 6.45) is -0.170. The quantitative estimate of drug-likeness (QED) is 0.516. The lowest BCUT2D eigenvalue weighted by Crippen LogP contribution is -2.25. The van der Waals surface area contributed by atoms with Crippen molar-refractivity contribution < 1.29 is 9.21 Å². The molecule has 2 aromatic heterocycles. The molecule has 2 aromatic carbocycles. The van der Waals surface area contributed by atoms with Crippen molar-refractivity contribution in [2.45, 2.75) is 26.3 Å². The molecule has 0 bridgehead atoms. The molecule has 0 atom stereocenters. The fourth-order valence-corrected chi connectivity index (χ4v) is 3.37. The smallest absolute Gasteiger partial charge is 0.302 e. The molecular formula is C20H17BrN4O3. The Morgan fingerprint density at radius 3 is 2.79 bits per heavy atom. The molecule has 0 spiro atoms. The average molecular weight is 441 g/mol. The first-order chi connectivity index (χ1) is 13.4. The molecule has 0 radical (unpaired) electrons. The van der Waals surface area contributed by atoms with E-state index in [-0.39, 0.29) is 29.6 Å². The highest BCUT2D eigenvalue weighted by atomic mass is 79.9. The second-order valence-corrected chi connectivity index (χ2v) is 7.60. The predicted octanol–water partition coefficient (Wildman–Crippen LogP) is 4.06. The summed E-state index contributed by atoms with van der Waals surface area (Å²) in [7, 11) is 0. The lowest BCUT2D eigenvalue weighted by atomic mass is 10.1. The number of oxazole rings is 1. The lowest BCUT2D eigenvalue weighted by Gasteiger charge is -2.15. The Kier molecular flexibility index (Phi) is 4.72. The van der Waals surface area contributed by atoms with Crippen molar-refractivity contribution in [2.24, 2.45) is 0 Å². The molecule has 0 saturated heterocycles. The van der Waals surface area contributed by atoms with Gasteiger partial charge in [0.25, 0.3) is 0 Å². The molecule has 1 N–H and O–H groups in total. The summed E-state index contributed by atoms with van der Waals surface area (Å²) in [4.78, 5) is 29.5. The van der Waals surface area contributed by atoms with Gasteiger partial charge in [0.05, 0.1) is 11.9 Å². The maximum absolute atomic E-state index is 12.8. The van der Waals surface area contributed by atoms with Gasteiger partial charge < -0.3 is 4.42 Å². The number of aromatic nitrogens is 3. The Morgan fingerprint density at radius 2 is 2.04 bits per heavy atom. The van der Waals surface area contributed by atoms with E-state index < -0.39 is 5.91 Å². The molecule has 4 aromatic rings. The highest BCUT2D eigenvalue weighted by Gasteiger charge is 2.17. The lowest BCUT2D eigenvalue weighted by molar-refractivity contribution is -0.115. The van der Waals surface area contributed by atoms with Gasteiger partial charge in [-0.25, -0.2) is 0 Å². The molecule has 0 fully saturated rings. The molecular weight excluding hydrogens is 424 g/mol. The van der Waals surface area contributed by atoms with E-state index in [0.29, 0.717) is 16.5 Å². The molecule has 0 saturated carbocycles. The van der Waals surface area contributed by atoms with Crippen LogP contribution in [-0.4, -0.2) is 20.7 Å². The molecule has 0 aliphatic carbocycles. The first-order valence-electron chi connectivity index (χ1n) is 8.79. The fraction of sp³-hybridized carbons (Fsp3) is 0.200. The fourth-order valence-electron chi connectivity index (χ4n) is 3.02. The number of hydrogen-bond donors (Lipinski definition) is 1. The van der Waals surface area contributed by atoms with Gasteiger partial charge in [0, 0.05) is 15.9 Å². The van der Waals surface area contributed by atoms with Crippen LogP contribution in [0.5, 0.6) is 0 Å². The normalized spacial score (nSPS) is 11.4. The molecule has 0 unspecified atom stereocenters. The van der Waals surface area contributed by atoms with Crippen LogP contribution < -0.4 is 10.7 Å². The minimum Gasteiger partial charge on any atom is -0.423 e. The number of fused-ring (bicyclic) bond motifs is 2. The molecule has 7 nitrogen and oxygen atoms in total. The first kappa shape index (κ1) is 18.4. The third kappa shape index (κ3) is 3.43.